The van der Waals surface area contributed by atoms with Gasteiger partial charge in [0.15, 0.2) is 0 Å². The molecule has 4 nitrogen and oxygen atoms in total. The number of carboxylic acid groups (broad SMARTS) is 1. The molecule has 4 heteroatoms. The van der Waals surface area contributed by atoms with Crippen LogP contribution in [0.5, 0.6) is 5.75 Å². The molecule has 1 N–H and O–H groups in total. The third-order valence-corrected chi connectivity index (χ3v) is 3.40. The fourth-order valence-corrected chi connectivity index (χ4v) is 2.37. The Kier molecular flexibility index (Phi) is 3.69. The lowest BCUT2D eigenvalue weighted by Crippen LogP contribution is -2.23. The van der Waals surface area contributed by atoms with E-state index in [1.165, 1.54) is 0 Å². The molecule has 0 amide bonds. The summed E-state index contributed by atoms with van der Waals surface area (Å²) in [5.74, 6) is -0.0961. The number of hydrogen-bond donors (Lipinski definition) is 1. The summed E-state index contributed by atoms with van der Waals surface area (Å²) in [7, 11) is 0. The maximum absolute atomic E-state index is 10.9. The highest BCUT2D eigenvalue weighted by Gasteiger charge is 2.11. The SMILES string of the molecule is O=C(O)CC1=c2cc(OCc3ccccc3)ccc2=NC1. The predicted molar refractivity (Wildman–Crippen MR) is 78.5 cm³/mol. The van der Waals surface area contributed by atoms with Crippen LogP contribution in [0.4, 0.5) is 0 Å². The number of hydrogen-bond acceptors (Lipinski definition) is 3. The summed E-state index contributed by atoms with van der Waals surface area (Å²) in [4.78, 5) is 15.2. The van der Waals surface area contributed by atoms with Gasteiger partial charge >= 0.3 is 5.97 Å². The van der Waals surface area contributed by atoms with Gasteiger partial charge in [-0.1, -0.05) is 30.3 Å². The number of carbonyl (C=O) groups is 1. The molecule has 2 aromatic rings. The van der Waals surface area contributed by atoms with Crippen LogP contribution in [-0.2, 0) is 11.4 Å². The van der Waals surface area contributed by atoms with Crippen molar-refractivity contribution in [2.24, 2.45) is 4.99 Å². The Morgan fingerprint density at radius 2 is 2.00 bits per heavy atom. The standard InChI is InChI=1S/C17H15NO3/c19-17(20)8-13-10-18-16-7-6-14(9-15(13)16)21-11-12-4-2-1-3-5-12/h1-7,9H,8,10-11H2,(H,19,20). The van der Waals surface area contributed by atoms with Gasteiger partial charge in [0.05, 0.1) is 18.3 Å². The van der Waals surface area contributed by atoms with Crippen molar-refractivity contribution in [1.29, 1.82) is 0 Å². The van der Waals surface area contributed by atoms with Gasteiger partial charge in [-0.2, -0.15) is 0 Å². The third-order valence-electron chi connectivity index (χ3n) is 3.40. The number of nitrogens with zero attached hydrogens (tertiary/aromatic N) is 1. The zero-order chi connectivity index (χ0) is 14.7. The fourth-order valence-electron chi connectivity index (χ4n) is 2.37. The maximum Gasteiger partial charge on any atom is 0.307 e. The van der Waals surface area contributed by atoms with Crippen LogP contribution in [0.3, 0.4) is 0 Å². The predicted octanol–water partition coefficient (Wildman–Crippen LogP) is 1.52. The Balaban J connectivity index is 1.83. The van der Waals surface area contributed by atoms with Crippen molar-refractivity contribution in [2.75, 3.05) is 6.54 Å². The van der Waals surface area contributed by atoms with Crippen LogP contribution in [-0.4, -0.2) is 17.6 Å². The Labute approximate surface area is 122 Å². The highest BCUT2D eigenvalue weighted by Crippen LogP contribution is 2.11. The van der Waals surface area contributed by atoms with Crippen molar-refractivity contribution in [1.82, 2.24) is 0 Å². The summed E-state index contributed by atoms with van der Waals surface area (Å²) in [6.07, 6.45) is 0.0264. The lowest BCUT2D eigenvalue weighted by atomic mass is 10.1. The van der Waals surface area contributed by atoms with Crippen molar-refractivity contribution in [3.8, 4) is 5.75 Å². The van der Waals surface area contributed by atoms with E-state index in [2.05, 4.69) is 4.99 Å². The highest BCUT2D eigenvalue weighted by molar-refractivity contribution is 5.78. The normalized spacial score (nSPS) is 12.7. The van der Waals surface area contributed by atoms with Crippen LogP contribution in [0.15, 0.2) is 53.5 Å². The van der Waals surface area contributed by atoms with Gasteiger partial charge in [-0.3, -0.25) is 9.79 Å². The zero-order valence-corrected chi connectivity index (χ0v) is 11.5. The molecule has 1 heterocycles. The van der Waals surface area contributed by atoms with Crippen LogP contribution in [0.1, 0.15) is 12.0 Å². The second kappa shape index (κ2) is 5.79. The number of rotatable bonds is 5. The van der Waals surface area contributed by atoms with E-state index in [9.17, 15) is 4.79 Å². The summed E-state index contributed by atoms with van der Waals surface area (Å²) in [6, 6.07) is 15.5. The molecule has 0 unspecified atom stereocenters. The van der Waals surface area contributed by atoms with E-state index in [1.54, 1.807) is 0 Å². The van der Waals surface area contributed by atoms with Gasteiger partial charge in [-0.15, -0.1) is 0 Å². The summed E-state index contributed by atoms with van der Waals surface area (Å²) in [6.45, 7) is 0.953. The number of benzene rings is 2. The molecule has 0 fully saturated rings. The van der Waals surface area contributed by atoms with Gasteiger partial charge in [-0.25, -0.2) is 0 Å². The summed E-state index contributed by atoms with van der Waals surface area (Å²) < 4.78 is 5.77. The smallest absolute Gasteiger partial charge is 0.307 e. The van der Waals surface area contributed by atoms with Gasteiger partial charge in [0.25, 0.3) is 0 Å². The summed E-state index contributed by atoms with van der Waals surface area (Å²) >= 11 is 0. The van der Waals surface area contributed by atoms with E-state index in [0.29, 0.717) is 13.2 Å². The van der Waals surface area contributed by atoms with E-state index >= 15 is 0 Å². The second-order valence-corrected chi connectivity index (χ2v) is 4.94. The summed E-state index contributed by atoms with van der Waals surface area (Å²) in [5.41, 5.74) is 1.93. The molecule has 0 aliphatic carbocycles. The van der Waals surface area contributed by atoms with Gasteiger partial charge in [0.1, 0.15) is 12.4 Å². The lowest BCUT2D eigenvalue weighted by Gasteiger charge is -2.06. The number of carboxylic acids is 1. The van der Waals surface area contributed by atoms with E-state index in [-0.39, 0.29) is 6.42 Å². The second-order valence-electron chi connectivity index (χ2n) is 4.94. The Bertz CT molecular complexity index is 781. The molecule has 1 aliphatic rings. The van der Waals surface area contributed by atoms with Crippen molar-refractivity contribution in [3.05, 3.63) is 64.7 Å². The van der Waals surface area contributed by atoms with Crippen molar-refractivity contribution in [2.45, 2.75) is 13.0 Å². The molecule has 3 rings (SSSR count). The Morgan fingerprint density at radius 1 is 1.19 bits per heavy atom. The molecule has 0 atom stereocenters. The first-order chi connectivity index (χ1) is 10.2. The molecule has 106 valence electrons. The van der Waals surface area contributed by atoms with Crippen molar-refractivity contribution >= 4 is 11.5 Å². The highest BCUT2D eigenvalue weighted by atomic mass is 16.5. The molecular weight excluding hydrogens is 266 g/mol. The quantitative estimate of drug-likeness (QED) is 0.904. The van der Waals surface area contributed by atoms with Crippen LogP contribution in [0.2, 0.25) is 0 Å². The van der Waals surface area contributed by atoms with Crippen LogP contribution in [0, 0.1) is 0 Å². The first kappa shape index (κ1) is 13.4. The molecule has 0 bridgehead atoms. The average Bonchev–Trinajstić information content (AvgIpc) is 2.88. The van der Waals surface area contributed by atoms with E-state index in [1.807, 2.05) is 48.5 Å². The first-order valence-corrected chi connectivity index (χ1v) is 6.77. The van der Waals surface area contributed by atoms with Gasteiger partial charge in [0.2, 0.25) is 0 Å². The molecule has 0 aromatic heterocycles. The lowest BCUT2D eigenvalue weighted by molar-refractivity contribution is -0.135. The Morgan fingerprint density at radius 3 is 2.76 bits per heavy atom. The maximum atomic E-state index is 10.9. The van der Waals surface area contributed by atoms with Crippen molar-refractivity contribution in [3.63, 3.8) is 0 Å². The fraction of sp³-hybridized carbons (Fsp3) is 0.176. The minimum Gasteiger partial charge on any atom is -0.489 e. The minimum absolute atomic E-state index is 0.0264. The van der Waals surface area contributed by atoms with Gasteiger partial charge in [0, 0.05) is 5.22 Å². The van der Waals surface area contributed by atoms with Gasteiger partial charge in [-0.05, 0) is 29.3 Å². The number of aliphatic carboxylic acids is 1. The molecule has 21 heavy (non-hydrogen) atoms. The zero-order valence-electron chi connectivity index (χ0n) is 11.5. The third kappa shape index (κ3) is 3.11. The van der Waals surface area contributed by atoms with E-state index in [4.69, 9.17) is 9.84 Å². The van der Waals surface area contributed by atoms with Crippen LogP contribution < -0.4 is 15.3 Å². The van der Waals surface area contributed by atoms with E-state index in [0.717, 1.165) is 27.5 Å². The Hall–Kier alpha value is -2.62. The molecule has 0 spiro atoms. The number of ether oxygens (including phenoxy) is 1. The largest absolute Gasteiger partial charge is 0.489 e. The van der Waals surface area contributed by atoms with E-state index < -0.39 is 5.97 Å². The van der Waals surface area contributed by atoms with Crippen LogP contribution >= 0.6 is 0 Å². The number of fused-ring (bicyclic) bond motifs is 1. The molecular formula is C17H15NO3. The topological polar surface area (TPSA) is 58.9 Å². The monoisotopic (exact) mass is 281 g/mol. The minimum atomic E-state index is -0.830. The molecule has 2 aromatic carbocycles. The van der Waals surface area contributed by atoms with Crippen LogP contribution in [0.25, 0.3) is 5.57 Å². The molecule has 0 saturated heterocycles. The van der Waals surface area contributed by atoms with Gasteiger partial charge < -0.3 is 9.84 Å². The summed E-state index contributed by atoms with van der Waals surface area (Å²) in [5, 5.41) is 10.7. The molecule has 0 saturated carbocycles. The average molecular weight is 281 g/mol. The first-order valence-electron chi connectivity index (χ1n) is 6.77. The molecule has 0 radical (unpaired) electrons. The van der Waals surface area contributed by atoms with Crippen molar-refractivity contribution < 1.29 is 14.6 Å². The molecule has 1 aliphatic heterocycles.